The molecule has 1 heterocycles. The highest BCUT2D eigenvalue weighted by Crippen LogP contribution is 2.09. The number of nitrogens with zero attached hydrogens (tertiary/aromatic N) is 2. The van der Waals surface area contributed by atoms with Crippen molar-refractivity contribution in [2.24, 2.45) is 0 Å². The first-order valence-electron chi connectivity index (χ1n) is 4.91. The van der Waals surface area contributed by atoms with Crippen LogP contribution in [-0.2, 0) is 6.42 Å². The van der Waals surface area contributed by atoms with Gasteiger partial charge in [0, 0.05) is 6.20 Å². The normalized spacial score (nSPS) is 10.4. The number of hydrogen-bond acceptors (Lipinski definition) is 1. The standard InChI is InChI=1S/C12H14N2/c1-3-11-8-9-14(13-11)12-6-4-10(2)5-7-12/h4-9H,3H2,1-2H3. The maximum absolute atomic E-state index is 4.45. The maximum atomic E-state index is 4.45. The van der Waals surface area contributed by atoms with Crippen molar-refractivity contribution in [1.82, 2.24) is 9.78 Å². The van der Waals surface area contributed by atoms with Crippen LogP contribution in [0, 0.1) is 6.92 Å². The zero-order valence-corrected chi connectivity index (χ0v) is 8.57. The lowest BCUT2D eigenvalue weighted by molar-refractivity contribution is 0.841. The third-order valence-electron chi connectivity index (χ3n) is 2.31. The third kappa shape index (κ3) is 1.69. The largest absolute Gasteiger partial charge is 0.241 e. The molecule has 0 amide bonds. The van der Waals surface area contributed by atoms with Gasteiger partial charge in [-0.2, -0.15) is 5.10 Å². The van der Waals surface area contributed by atoms with Crippen molar-refractivity contribution in [1.29, 1.82) is 0 Å². The molecule has 0 saturated carbocycles. The Morgan fingerprint density at radius 3 is 2.43 bits per heavy atom. The van der Waals surface area contributed by atoms with E-state index >= 15 is 0 Å². The van der Waals surface area contributed by atoms with Crippen LogP contribution in [0.3, 0.4) is 0 Å². The van der Waals surface area contributed by atoms with Crippen LogP contribution >= 0.6 is 0 Å². The molecule has 1 aromatic carbocycles. The minimum atomic E-state index is 0.985. The number of rotatable bonds is 2. The highest BCUT2D eigenvalue weighted by atomic mass is 15.3. The lowest BCUT2D eigenvalue weighted by Crippen LogP contribution is -1.95. The summed E-state index contributed by atoms with van der Waals surface area (Å²) >= 11 is 0. The van der Waals surface area contributed by atoms with Crippen LogP contribution in [0.1, 0.15) is 18.2 Å². The average Bonchev–Trinajstić information content (AvgIpc) is 2.67. The Bertz CT molecular complexity index is 412. The molecule has 0 aliphatic rings. The monoisotopic (exact) mass is 186 g/mol. The Hall–Kier alpha value is -1.57. The number of aryl methyl sites for hydroxylation is 2. The summed E-state index contributed by atoms with van der Waals surface area (Å²) < 4.78 is 1.91. The van der Waals surface area contributed by atoms with E-state index in [1.807, 2.05) is 10.9 Å². The smallest absolute Gasteiger partial charge is 0.0645 e. The summed E-state index contributed by atoms with van der Waals surface area (Å²) in [7, 11) is 0. The van der Waals surface area contributed by atoms with Gasteiger partial charge in [0.05, 0.1) is 11.4 Å². The van der Waals surface area contributed by atoms with Gasteiger partial charge in [0.25, 0.3) is 0 Å². The molecule has 0 aliphatic carbocycles. The molecule has 72 valence electrons. The zero-order chi connectivity index (χ0) is 9.97. The molecule has 1 aromatic heterocycles. The molecular weight excluding hydrogens is 172 g/mol. The molecule has 14 heavy (non-hydrogen) atoms. The van der Waals surface area contributed by atoms with Gasteiger partial charge in [-0.25, -0.2) is 4.68 Å². The average molecular weight is 186 g/mol. The Balaban J connectivity index is 2.34. The van der Waals surface area contributed by atoms with Crippen LogP contribution in [0.15, 0.2) is 36.5 Å². The van der Waals surface area contributed by atoms with Crippen molar-refractivity contribution in [2.75, 3.05) is 0 Å². The van der Waals surface area contributed by atoms with Gasteiger partial charge in [-0.3, -0.25) is 0 Å². The van der Waals surface area contributed by atoms with Crippen LogP contribution in [0.5, 0.6) is 0 Å². The molecule has 2 heteroatoms. The Morgan fingerprint density at radius 2 is 1.86 bits per heavy atom. The first-order valence-corrected chi connectivity index (χ1v) is 4.91. The predicted molar refractivity (Wildman–Crippen MR) is 57.7 cm³/mol. The summed E-state index contributed by atoms with van der Waals surface area (Å²) in [6.45, 7) is 4.20. The summed E-state index contributed by atoms with van der Waals surface area (Å²) in [6, 6.07) is 10.4. The molecule has 0 N–H and O–H groups in total. The maximum Gasteiger partial charge on any atom is 0.0645 e. The summed E-state index contributed by atoms with van der Waals surface area (Å²) in [5, 5.41) is 4.45. The summed E-state index contributed by atoms with van der Waals surface area (Å²) in [6.07, 6.45) is 2.99. The fourth-order valence-corrected chi connectivity index (χ4v) is 1.39. The minimum Gasteiger partial charge on any atom is -0.241 e. The van der Waals surface area contributed by atoms with Crippen molar-refractivity contribution in [3.8, 4) is 5.69 Å². The van der Waals surface area contributed by atoms with E-state index in [0.717, 1.165) is 17.8 Å². The lowest BCUT2D eigenvalue weighted by atomic mass is 10.2. The van der Waals surface area contributed by atoms with Crippen molar-refractivity contribution < 1.29 is 0 Å². The molecule has 0 aliphatic heterocycles. The quantitative estimate of drug-likeness (QED) is 0.705. The van der Waals surface area contributed by atoms with E-state index in [9.17, 15) is 0 Å². The van der Waals surface area contributed by atoms with Crippen LogP contribution < -0.4 is 0 Å². The van der Waals surface area contributed by atoms with Crippen LogP contribution in [0.4, 0.5) is 0 Å². The van der Waals surface area contributed by atoms with E-state index in [-0.39, 0.29) is 0 Å². The fraction of sp³-hybridized carbons (Fsp3) is 0.250. The highest BCUT2D eigenvalue weighted by molar-refractivity contribution is 5.33. The van der Waals surface area contributed by atoms with Gasteiger partial charge in [0.2, 0.25) is 0 Å². The van der Waals surface area contributed by atoms with E-state index in [0.29, 0.717) is 0 Å². The fourth-order valence-electron chi connectivity index (χ4n) is 1.39. The lowest BCUT2D eigenvalue weighted by Gasteiger charge is -2.00. The van der Waals surface area contributed by atoms with Gasteiger partial charge >= 0.3 is 0 Å². The topological polar surface area (TPSA) is 17.8 Å². The zero-order valence-electron chi connectivity index (χ0n) is 8.57. The second kappa shape index (κ2) is 3.66. The second-order valence-electron chi connectivity index (χ2n) is 3.44. The number of benzene rings is 1. The van der Waals surface area contributed by atoms with Gasteiger partial charge in [-0.1, -0.05) is 24.6 Å². The van der Waals surface area contributed by atoms with Crippen molar-refractivity contribution >= 4 is 0 Å². The van der Waals surface area contributed by atoms with E-state index in [1.165, 1.54) is 5.56 Å². The molecule has 0 fully saturated rings. The van der Waals surface area contributed by atoms with Gasteiger partial charge in [0.1, 0.15) is 0 Å². The van der Waals surface area contributed by atoms with Crippen molar-refractivity contribution in [2.45, 2.75) is 20.3 Å². The van der Waals surface area contributed by atoms with E-state index < -0.39 is 0 Å². The molecule has 0 saturated heterocycles. The Labute approximate surface area is 84.2 Å². The number of aromatic nitrogens is 2. The van der Waals surface area contributed by atoms with Crippen LogP contribution in [0.25, 0.3) is 5.69 Å². The molecular formula is C12H14N2. The molecule has 0 spiro atoms. The Kier molecular flexibility index (Phi) is 2.35. The van der Waals surface area contributed by atoms with E-state index in [4.69, 9.17) is 0 Å². The highest BCUT2D eigenvalue weighted by Gasteiger charge is 1.98. The molecule has 0 bridgehead atoms. The number of hydrogen-bond donors (Lipinski definition) is 0. The molecule has 0 atom stereocenters. The predicted octanol–water partition coefficient (Wildman–Crippen LogP) is 2.74. The summed E-state index contributed by atoms with van der Waals surface area (Å²) in [5.41, 5.74) is 3.53. The van der Waals surface area contributed by atoms with Gasteiger partial charge in [-0.05, 0) is 31.5 Å². The molecule has 2 aromatic rings. The molecule has 0 radical (unpaired) electrons. The van der Waals surface area contributed by atoms with E-state index in [1.54, 1.807) is 0 Å². The summed E-state index contributed by atoms with van der Waals surface area (Å²) in [5.74, 6) is 0. The third-order valence-corrected chi connectivity index (χ3v) is 2.31. The van der Waals surface area contributed by atoms with Gasteiger partial charge < -0.3 is 0 Å². The first kappa shape index (κ1) is 9.00. The van der Waals surface area contributed by atoms with Gasteiger partial charge in [-0.15, -0.1) is 0 Å². The molecule has 2 rings (SSSR count). The summed E-state index contributed by atoms with van der Waals surface area (Å²) in [4.78, 5) is 0. The SMILES string of the molecule is CCc1ccn(-c2ccc(C)cc2)n1. The Morgan fingerprint density at radius 1 is 1.14 bits per heavy atom. The van der Waals surface area contributed by atoms with Crippen LogP contribution in [-0.4, -0.2) is 9.78 Å². The second-order valence-corrected chi connectivity index (χ2v) is 3.44. The van der Waals surface area contributed by atoms with Crippen LogP contribution in [0.2, 0.25) is 0 Å². The van der Waals surface area contributed by atoms with Gasteiger partial charge in [0.15, 0.2) is 0 Å². The van der Waals surface area contributed by atoms with Crippen molar-refractivity contribution in [3.63, 3.8) is 0 Å². The molecule has 0 unspecified atom stereocenters. The molecule has 2 nitrogen and oxygen atoms in total. The first-order chi connectivity index (χ1) is 6.79. The van der Waals surface area contributed by atoms with E-state index in [2.05, 4.69) is 49.3 Å². The van der Waals surface area contributed by atoms with Crippen molar-refractivity contribution in [3.05, 3.63) is 47.8 Å². The minimum absolute atomic E-state index is 0.985.